The van der Waals surface area contributed by atoms with Crippen molar-refractivity contribution in [2.75, 3.05) is 24.6 Å². The molecular weight excluding hydrogens is 342 g/mol. The van der Waals surface area contributed by atoms with Crippen molar-refractivity contribution in [3.05, 3.63) is 59.2 Å². The largest absolute Gasteiger partial charge is 0.493 e. The zero-order chi connectivity index (χ0) is 19.8. The molecule has 5 nitrogen and oxygen atoms in total. The molecular formula is C22H27NO4. The van der Waals surface area contributed by atoms with E-state index in [1.165, 1.54) is 6.07 Å². The Hall–Kier alpha value is -2.82. The van der Waals surface area contributed by atoms with Crippen LogP contribution in [-0.4, -0.2) is 36.6 Å². The van der Waals surface area contributed by atoms with E-state index in [9.17, 15) is 14.7 Å². The van der Waals surface area contributed by atoms with Crippen molar-refractivity contribution in [1.82, 2.24) is 0 Å². The number of aromatic carboxylic acids is 1. The minimum absolute atomic E-state index is 0.00479. The van der Waals surface area contributed by atoms with Gasteiger partial charge in [-0.25, -0.2) is 4.79 Å². The lowest BCUT2D eigenvalue weighted by Gasteiger charge is -2.22. The maximum absolute atomic E-state index is 13.1. The molecule has 2 aromatic rings. The molecule has 2 rings (SSSR count). The summed E-state index contributed by atoms with van der Waals surface area (Å²) in [7, 11) is 0. The number of hydrogen-bond donors (Lipinski definition) is 1. The number of carbonyl (C=O) groups excluding carboxylic acids is 1. The first-order chi connectivity index (χ1) is 13.0. The summed E-state index contributed by atoms with van der Waals surface area (Å²) in [5.74, 6) is -0.962. The van der Waals surface area contributed by atoms with Gasteiger partial charge in [0.25, 0.3) is 0 Å². The van der Waals surface area contributed by atoms with Crippen molar-refractivity contribution in [3.8, 4) is 5.75 Å². The summed E-state index contributed by atoms with van der Waals surface area (Å²) in [6.45, 7) is 8.43. The van der Waals surface area contributed by atoms with E-state index in [4.69, 9.17) is 4.74 Å². The number of nitrogens with zero attached hydrogens (tertiary/aromatic N) is 1. The molecule has 1 N–H and O–H groups in total. The van der Waals surface area contributed by atoms with Gasteiger partial charge >= 0.3 is 5.97 Å². The van der Waals surface area contributed by atoms with Crippen molar-refractivity contribution >= 4 is 17.4 Å². The van der Waals surface area contributed by atoms with Crippen LogP contribution in [0.1, 0.15) is 59.9 Å². The summed E-state index contributed by atoms with van der Waals surface area (Å²) in [6.07, 6.45) is 1.87. The second-order valence-electron chi connectivity index (χ2n) is 6.23. The summed E-state index contributed by atoms with van der Waals surface area (Å²) in [4.78, 5) is 26.7. The first kappa shape index (κ1) is 20.5. The van der Waals surface area contributed by atoms with Crippen LogP contribution >= 0.6 is 0 Å². The Morgan fingerprint density at radius 1 is 0.963 bits per heavy atom. The van der Waals surface area contributed by atoms with Gasteiger partial charge < -0.3 is 14.7 Å². The number of ether oxygens (including phenoxy) is 1. The summed E-state index contributed by atoms with van der Waals surface area (Å²) >= 11 is 0. The number of ketones is 1. The van der Waals surface area contributed by atoms with Crippen molar-refractivity contribution in [2.45, 2.75) is 33.6 Å². The van der Waals surface area contributed by atoms with Gasteiger partial charge in [0, 0.05) is 30.4 Å². The van der Waals surface area contributed by atoms with Crippen molar-refractivity contribution in [2.24, 2.45) is 0 Å². The SMILES string of the molecule is CCCCOc1cc(N(CC)CC)ccc1C(=O)c1ccccc1C(=O)O. The maximum atomic E-state index is 13.1. The molecule has 0 unspecified atom stereocenters. The number of carboxylic acids is 1. The Balaban J connectivity index is 2.48. The van der Waals surface area contributed by atoms with Gasteiger partial charge in [0.05, 0.1) is 17.7 Å². The fourth-order valence-electron chi connectivity index (χ4n) is 2.94. The lowest BCUT2D eigenvalue weighted by atomic mass is 9.97. The number of benzene rings is 2. The number of rotatable bonds is 10. The molecule has 0 fully saturated rings. The molecule has 0 bridgehead atoms. The summed E-state index contributed by atoms with van der Waals surface area (Å²) in [5.41, 5.74) is 1.53. The van der Waals surface area contributed by atoms with Crippen LogP contribution in [-0.2, 0) is 0 Å². The highest BCUT2D eigenvalue weighted by Gasteiger charge is 2.21. The Bertz CT molecular complexity index is 797. The second-order valence-corrected chi connectivity index (χ2v) is 6.23. The molecule has 0 saturated carbocycles. The number of carbonyl (C=O) groups is 2. The third-order valence-corrected chi connectivity index (χ3v) is 4.50. The summed E-state index contributed by atoms with van der Waals surface area (Å²) in [6, 6.07) is 11.8. The third kappa shape index (κ3) is 4.88. The van der Waals surface area contributed by atoms with E-state index in [1.807, 2.05) is 12.1 Å². The van der Waals surface area contributed by atoms with Crippen LogP contribution in [0.4, 0.5) is 5.69 Å². The van der Waals surface area contributed by atoms with E-state index in [-0.39, 0.29) is 16.9 Å². The monoisotopic (exact) mass is 369 g/mol. The molecule has 5 heteroatoms. The highest BCUT2D eigenvalue weighted by molar-refractivity contribution is 6.15. The Morgan fingerprint density at radius 3 is 2.22 bits per heavy atom. The molecule has 0 radical (unpaired) electrons. The van der Waals surface area contributed by atoms with Gasteiger partial charge in [-0.3, -0.25) is 4.79 Å². The lowest BCUT2D eigenvalue weighted by Crippen LogP contribution is -2.22. The van der Waals surface area contributed by atoms with Gasteiger partial charge in [0.2, 0.25) is 0 Å². The molecule has 0 aromatic heterocycles. The lowest BCUT2D eigenvalue weighted by molar-refractivity contribution is 0.0692. The quantitative estimate of drug-likeness (QED) is 0.488. The molecule has 0 amide bonds. The van der Waals surface area contributed by atoms with Crippen LogP contribution < -0.4 is 9.64 Å². The van der Waals surface area contributed by atoms with Gasteiger partial charge in [-0.05, 0) is 38.5 Å². The molecule has 0 saturated heterocycles. The average molecular weight is 369 g/mol. The fraction of sp³-hybridized carbons (Fsp3) is 0.364. The summed E-state index contributed by atoms with van der Waals surface area (Å²) in [5, 5.41) is 9.39. The number of unbranched alkanes of at least 4 members (excludes halogenated alkanes) is 1. The van der Waals surface area contributed by atoms with Crippen molar-refractivity contribution < 1.29 is 19.4 Å². The van der Waals surface area contributed by atoms with Gasteiger partial charge in [-0.1, -0.05) is 31.5 Å². The molecule has 0 aliphatic rings. The van der Waals surface area contributed by atoms with Crippen LogP contribution in [0, 0.1) is 0 Å². The molecule has 144 valence electrons. The Kier molecular flexibility index (Phi) is 7.41. The van der Waals surface area contributed by atoms with Gasteiger partial charge in [0.15, 0.2) is 5.78 Å². The number of anilines is 1. The predicted molar refractivity (Wildman–Crippen MR) is 107 cm³/mol. The third-order valence-electron chi connectivity index (χ3n) is 4.50. The molecule has 0 heterocycles. The van der Waals surface area contributed by atoms with E-state index in [0.29, 0.717) is 17.9 Å². The predicted octanol–water partition coefficient (Wildman–Crippen LogP) is 4.64. The Labute approximate surface area is 160 Å². The van der Waals surface area contributed by atoms with Crippen molar-refractivity contribution in [3.63, 3.8) is 0 Å². The normalized spacial score (nSPS) is 10.5. The molecule has 0 aliphatic heterocycles. The Morgan fingerprint density at radius 2 is 1.63 bits per heavy atom. The minimum atomic E-state index is -1.12. The van der Waals surface area contributed by atoms with Crippen LogP contribution in [0.25, 0.3) is 0 Å². The van der Waals surface area contributed by atoms with Gasteiger partial charge in [-0.15, -0.1) is 0 Å². The minimum Gasteiger partial charge on any atom is -0.493 e. The topological polar surface area (TPSA) is 66.8 Å². The van der Waals surface area contributed by atoms with Crippen molar-refractivity contribution in [1.29, 1.82) is 0 Å². The van der Waals surface area contributed by atoms with E-state index in [0.717, 1.165) is 31.6 Å². The van der Waals surface area contributed by atoms with E-state index < -0.39 is 5.97 Å². The van der Waals surface area contributed by atoms with Crippen LogP contribution in [0.2, 0.25) is 0 Å². The van der Waals surface area contributed by atoms with Crippen LogP contribution in [0.5, 0.6) is 5.75 Å². The summed E-state index contributed by atoms with van der Waals surface area (Å²) < 4.78 is 5.91. The van der Waals surface area contributed by atoms with Crippen LogP contribution in [0.3, 0.4) is 0 Å². The first-order valence-corrected chi connectivity index (χ1v) is 9.42. The molecule has 0 atom stereocenters. The molecule has 0 aliphatic carbocycles. The fourth-order valence-corrected chi connectivity index (χ4v) is 2.94. The molecule has 0 spiro atoms. The van der Waals surface area contributed by atoms with Crippen LogP contribution in [0.15, 0.2) is 42.5 Å². The zero-order valence-corrected chi connectivity index (χ0v) is 16.2. The number of hydrogen-bond acceptors (Lipinski definition) is 4. The highest BCUT2D eigenvalue weighted by atomic mass is 16.5. The van der Waals surface area contributed by atoms with E-state index in [1.54, 1.807) is 24.3 Å². The molecule has 27 heavy (non-hydrogen) atoms. The zero-order valence-electron chi connectivity index (χ0n) is 16.2. The van der Waals surface area contributed by atoms with Gasteiger partial charge in [0.1, 0.15) is 5.75 Å². The smallest absolute Gasteiger partial charge is 0.336 e. The van der Waals surface area contributed by atoms with E-state index >= 15 is 0 Å². The van der Waals surface area contributed by atoms with Gasteiger partial charge in [-0.2, -0.15) is 0 Å². The average Bonchev–Trinajstić information content (AvgIpc) is 2.69. The molecule has 2 aromatic carbocycles. The standard InChI is InChI=1S/C22H27NO4/c1-4-7-14-27-20-15-16(23(5-2)6-3)12-13-19(20)21(24)17-10-8-9-11-18(17)22(25)26/h8-13,15H,4-7,14H2,1-3H3,(H,25,26). The maximum Gasteiger partial charge on any atom is 0.336 e. The number of carboxylic acid groups (broad SMARTS) is 1. The van der Waals surface area contributed by atoms with E-state index in [2.05, 4.69) is 25.7 Å². The first-order valence-electron chi connectivity index (χ1n) is 9.42. The highest BCUT2D eigenvalue weighted by Crippen LogP contribution is 2.29. The second kappa shape index (κ2) is 9.76.